The normalized spacial score (nSPS) is 10.6. The zero-order valence-electron chi connectivity index (χ0n) is 14.0. The summed E-state index contributed by atoms with van der Waals surface area (Å²) >= 11 is 1.72. The number of benzene rings is 2. The fourth-order valence-electron chi connectivity index (χ4n) is 2.50. The Bertz CT molecular complexity index is 953. The lowest BCUT2D eigenvalue weighted by Gasteiger charge is -2.04. The maximum Gasteiger partial charge on any atom is 0.146 e. The van der Waals surface area contributed by atoms with Gasteiger partial charge < -0.3 is 9.72 Å². The lowest BCUT2D eigenvalue weighted by Crippen LogP contribution is -1.97. The van der Waals surface area contributed by atoms with Crippen molar-refractivity contribution in [1.29, 1.82) is 0 Å². The van der Waals surface area contributed by atoms with Crippen LogP contribution < -0.4 is 4.74 Å². The highest BCUT2D eigenvalue weighted by atomic mass is 32.2. The minimum Gasteiger partial charge on any atom is -0.486 e. The van der Waals surface area contributed by atoms with Gasteiger partial charge in [0, 0.05) is 22.2 Å². The molecule has 0 spiro atoms. The van der Waals surface area contributed by atoms with E-state index in [0.717, 1.165) is 22.8 Å². The molecule has 128 valence electrons. The van der Waals surface area contributed by atoms with Gasteiger partial charge in [-0.05, 0) is 42.0 Å². The predicted octanol–water partition coefficient (Wildman–Crippen LogP) is 5.20. The molecule has 0 radical (unpaired) electrons. The fraction of sp³-hybridized carbons (Fsp3) is 0.0476. The number of para-hydroxylation sites is 1. The standard InChI is InChI=1S/C21H17N3OS/c1-2-4-17(5-3-1)25-15-21-23-14-20(24-21)16-6-8-18(9-7-16)26-19-10-12-22-13-11-19/h1-14H,15H2,(H,23,24). The highest BCUT2D eigenvalue weighted by Crippen LogP contribution is 2.29. The van der Waals surface area contributed by atoms with Crippen LogP contribution in [-0.4, -0.2) is 15.0 Å². The topological polar surface area (TPSA) is 50.8 Å². The zero-order valence-corrected chi connectivity index (χ0v) is 14.8. The lowest BCUT2D eigenvalue weighted by molar-refractivity contribution is 0.297. The van der Waals surface area contributed by atoms with Crippen molar-refractivity contribution in [2.75, 3.05) is 0 Å². The molecular weight excluding hydrogens is 342 g/mol. The number of hydrogen-bond donors (Lipinski definition) is 1. The largest absolute Gasteiger partial charge is 0.486 e. The third kappa shape index (κ3) is 4.13. The molecular formula is C21H17N3OS. The summed E-state index contributed by atoms with van der Waals surface area (Å²) in [6.45, 7) is 0.417. The minimum absolute atomic E-state index is 0.417. The average molecular weight is 359 g/mol. The van der Waals surface area contributed by atoms with Crippen molar-refractivity contribution in [3.63, 3.8) is 0 Å². The number of nitrogens with zero attached hydrogens (tertiary/aromatic N) is 2. The highest BCUT2D eigenvalue weighted by molar-refractivity contribution is 7.99. The molecule has 26 heavy (non-hydrogen) atoms. The lowest BCUT2D eigenvalue weighted by atomic mass is 10.2. The van der Waals surface area contributed by atoms with E-state index in [4.69, 9.17) is 4.74 Å². The van der Waals surface area contributed by atoms with E-state index in [2.05, 4.69) is 39.2 Å². The van der Waals surface area contributed by atoms with Crippen molar-refractivity contribution >= 4 is 11.8 Å². The highest BCUT2D eigenvalue weighted by Gasteiger charge is 2.05. The summed E-state index contributed by atoms with van der Waals surface area (Å²) in [6.07, 6.45) is 5.45. The molecule has 4 rings (SSSR count). The average Bonchev–Trinajstić information content (AvgIpc) is 3.18. The van der Waals surface area contributed by atoms with E-state index in [0.29, 0.717) is 6.61 Å². The van der Waals surface area contributed by atoms with Crippen LogP contribution in [0.15, 0.2) is 95.1 Å². The quantitative estimate of drug-likeness (QED) is 0.514. The molecule has 5 heteroatoms. The molecule has 0 bridgehead atoms. The number of hydrogen-bond acceptors (Lipinski definition) is 4. The van der Waals surface area contributed by atoms with Crippen LogP contribution in [0.5, 0.6) is 5.75 Å². The number of nitrogens with one attached hydrogen (secondary N) is 1. The van der Waals surface area contributed by atoms with Crippen LogP contribution in [0.1, 0.15) is 5.82 Å². The van der Waals surface area contributed by atoms with Crippen molar-refractivity contribution in [2.45, 2.75) is 16.4 Å². The van der Waals surface area contributed by atoms with E-state index in [1.807, 2.05) is 48.7 Å². The van der Waals surface area contributed by atoms with Crippen LogP contribution in [0, 0.1) is 0 Å². The molecule has 0 amide bonds. The number of ether oxygens (including phenoxy) is 1. The van der Waals surface area contributed by atoms with E-state index in [9.17, 15) is 0 Å². The van der Waals surface area contributed by atoms with Gasteiger partial charge in [0.15, 0.2) is 0 Å². The van der Waals surface area contributed by atoms with Gasteiger partial charge in [0.25, 0.3) is 0 Å². The van der Waals surface area contributed by atoms with Gasteiger partial charge in [-0.1, -0.05) is 42.1 Å². The minimum atomic E-state index is 0.417. The Hall–Kier alpha value is -3.05. The Morgan fingerprint density at radius 2 is 1.58 bits per heavy atom. The predicted molar refractivity (Wildman–Crippen MR) is 103 cm³/mol. The third-order valence-corrected chi connectivity index (χ3v) is 4.81. The number of H-pyrrole nitrogens is 1. The Morgan fingerprint density at radius 3 is 2.35 bits per heavy atom. The van der Waals surface area contributed by atoms with Crippen molar-refractivity contribution in [1.82, 2.24) is 15.0 Å². The van der Waals surface area contributed by atoms with Crippen molar-refractivity contribution in [3.8, 4) is 17.0 Å². The first-order valence-electron chi connectivity index (χ1n) is 8.27. The Kier molecular flexibility index (Phi) is 4.98. The maximum absolute atomic E-state index is 5.72. The SMILES string of the molecule is c1ccc(OCc2ncc(-c3ccc(Sc4ccncc4)cc3)[nH]2)cc1. The molecule has 0 saturated heterocycles. The van der Waals surface area contributed by atoms with Crippen LogP contribution in [0.25, 0.3) is 11.3 Å². The van der Waals surface area contributed by atoms with E-state index < -0.39 is 0 Å². The second-order valence-electron chi connectivity index (χ2n) is 5.65. The first-order chi connectivity index (χ1) is 12.9. The van der Waals surface area contributed by atoms with Crippen LogP contribution in [0.2, 0.25) is 0 Å². The molecule has 0 aliphatic carbocycles. The molecule has 4 aromatic rings. The number of imidazole rings is 1. The van der Waals surface area contributed by atoms with Gasteiger partial charge in [-0.3, -0.25) is 4.98 Å². The molecule has 0 aliphatic heterocycles. The van der Waals surface area contributed by atoms with Gasteiger partial charge in [-0.2, -0.15) is 0 Å². The van der Waals surface area contributed by atoms with Gasteiger partial charge >= 0.3 is 0 Å². The summed E-state index contributed by atoms with van der Waals surface area (Å²) in [5.74, 6) is 1.64. The Morgan fingerprint density at radius 1 is 0.846 bits per heavy atom. The van der Waals surface area contributed by atoms with E-state index in [-0.39, 0.29) is 0 Å². The van der Waals surface area contributed by atoms with Crippen molar-refractivity contribution < 1.29 is 4.74 Å². The van der Waals surface area contributed by atoms with E-state index in [1.54, 1.807) is 24.2 Å². The Labute approximate surface area is 156 Å². The zero-order chi connectivity index (χ0) is 17.6. The summed E-state index contributed by atoms with van der Waals surface area (Å²) in [5.41, 5.74) is 2.08. The fourth-order valence-corrected chi connectivity index (χ4v) is 3.30. The summed E-state index contributed by atoms with van der Waals surface area (Å²) in [7, 11) is 0. The van der Waals surface area contributed by atoms with Gasteiger partial charge in [0.2, 0.25) is 0 Å². The molecule has 4 nitrogen and oxygen atoms in total. The molecule has 0 unspecified atom stereocenters. The van der Waals surface area contributed by atoms with Gasteiger partial charge in [-0.25, -0.2) is 4.98 Å². The van der Waals surface area contributed by atoms with Crippen LogP contribution in [0.3, 0.4) is 0 Å². The van der Waals surface area contributed by atoms with E-state index >= 15 is 0 Å². The molecule has 0 atom stereocenters. The molecule has 1 N–H and O–H groups in total. The summed E-state index contributed by atoms with van der Waals surface area (Å²) in [6, 6.07) is 22.2. The summed E-state index contributed by atoms with van der Waals surface area (Å²) in [5, 5.41) is 0. The van der Waals surface area contributed by atoms with Crippen LogP contribution >= 0.6 is 11.8 Å². The number of aromatic nitrogens is 3. The van der Waals surface area contributed by atoms with Crippen molar-refractivity contribution in [3.05, 3.63) is 91.1 Å². The summed E-state index contributed by atoms with van der Waals surface area (Å²) in [4.78, 5) is 14.1. The van der Waals surface area contributed by atoms with Crippen LogP contribution in [-0.2, 0) is 6.61 Å². The molecule has 2 aromatic carbocycles. The number of rotatable bonds is 6. The third-order valence-electron chi connectivity index (χ3n) is 3.80. The van der Waals surface area contributed by atoms with Crippen molar-refractivity contribution in [2.24, 2.45) is 0 Å². The molecule has 2 aromatic heterocycles. The number of aromatic amines is 1. The van der Waals surface area contributed by atoms with Gasteiger partial charge in [0.1, 0.15) is 18.2 Å². The second-order valence-corrected chi connectivity index (χ2v) is 6.80. The monoisotopic (exact) mass is 359 g/mol. The summed E-state index contributed by atoms with van der Waals surface area (Å²) < 4.78 is 5.72. The second kappa shape index (κ2) is 7.89. The van der Waals surface area contributed by atoms with E-state index in [1.165, 1.54) is 9.79 Å². The molecule has 2 heterocycles. The molecule has 0 saturated carbocycles. The maximum atomic E-state index is 5.72. The molecule has 0 fully saturated rings. The number of pyridine rings is 1. The Balaban J connectivity index is 1.41. The van der Waals surface area contributed by atoms with Crippen LogP contribution in [0.4, 0.5) is 0 Å². The first-order valence-corrected chi connectivity index (χ1v) is 9.08. The van der Waals surface area contributed by atoms with Gasteiger partial charge in [-0.15, -0.1) is 0 Å². The first kappa shape index (κ1) is 16.4. The van der Waals surface area contributed by atoms with Gasteiger partial charge in [0.05, 0.1) is 11.9 Å². The smallest absolute Gasteiger partial charge is 0.146 e. The molecule has 0 aliphatic rings.